The third kappa shape index (κ3) is 3.42. The Morgan fingerprint density at radius 1 is 1.62 bits per heavy atom. The molecule has 1 heterocycles. The molecule has 2 N–H and O–H groups in total. The highest BCUT2D eigenvalue weighted by molar-refractivity contribution is 9.11. The summed E-state index contributed by atoms with van der Waals surface area (Å²) < 4.78 is 26.1. The number of nitrogens with one attached hydrogen (secondary N) is 2. The molecular formula is C7H8BrClN2O3S2. The molecular weight excluding hydrogens is 340 g/mol. The Labute approximate surface area is 110 Å². The van der Waals surface area contributed by atoms with E-state index in [1.807, 2.05) is 0 Å². The Kier molecular flexibility index (Phi) is 4.74. The van der Waals surface area contributed by atoms with Gasteiger partial charge in [-0.3, -0.25) is 4.79 Å². The molecule has 0 atom stereocenters. The number of sulfonamides is 1. The maximum Gasteiger partial charge on any atom is 0.250 e. The van der Waals surface area contributed by atoms with Gasteiger partial charge in [0.2, 0.25) is 5.91 Å². The summed E-state index contributed by atoms with van der Waals surface area (Å²) in [5, 5.41) is 2.63. The van der Waals surface area contributed by atoms with Crippen molar-refractivity contribution in [2.75, 3.05) is 13.6 Å². The van der Waals surface area contributed by atoms with E-state index in [0.29, 0.717) is 8.81 Å². The Morgan fingerprint density at radius 3 is 2.69 bits per heavy atom. The zero-order valence-corrected chi connectivity index (χ0v) is 12.1. The molecule has 0 saturated carbocycles. The third-order valence-corrected chi connectivity index (χ3v) is 5.94. The number of hydrogen-bond acceptors (Lipinski definition) is 4. The molecule has 0 radical (unpaired) electrons. The molecule has 5 nitrogen and oxygen atoms in total. The van der Waals surface area contributed by atoms with Crippen LogP contribution in [-0.4, -0.2) is 27.9 Å². The number of likely N-dealkylation sites (N-methyl/N-ethyl adjacent to an activating group) is 1. The number of hydrogen-bond donors (Lipinski definition) is 2. The zero-order chi connectivity index (χ0) is 12.3. The third-order valence-electron chi connectivity index (χ3n) is 1.59. The molecule has 0 saturated heterocycles. The van der Waals surface area contributed by atoms with E-state index < -0.39 is 15.9 Å². The number of thiophene rings is 1. The van der Waals surface area contributed by atoms with Gasteiger partial charge in [-0.05, 0) is 22.0 Å². The molecule has 9 heteroatoms. The van der Waals surface area contributed by atoms with E-state index in [-0.39, 0.29) is 10.8 Å². The minimum Gasteiger partial charge on any atom is -0.358 e. The number of carbonyl (C=O) groups is 1. The zero-order valence-electron chi connectivity index (χ0n) is 8.08. The Hall–Kier alpha value is -0.150. The van der Waals surface area contributed by atoms with Gasteiger partial charge >= 0.3 is 0 Å². The van der Waals surface area contributed by atoms with Gasteiger partial charge in [0.15, 0.2) is 0 Å². The minimum absolute atomic E-state index is 0.0632. The number of carbonyl (C=O) groups excluding carboxylic acids is 1. The van der Waals surface area contributed by atoms with E-state index in [2.05, 4.69) is 26.0 Å². The van der Waals surface area contributed by atoms with Crippen LogP contribution in [0.4, 0.5) is 0 Å². The van der Waals surface area contributed by atoms with Gasteiger partial charge in [0, 0.05) is 7.05 Å². The number of amides is 1. The van der Waals surface area contributed by atoms with Crippen LogP contribution in [0.1, 0.15) is 0 Å². The number of halogens is 2. The summed E-state index contributed by atoms with van der Waals surface area (Å²) in [5.74, 6) is -0.412. The van der Waals surface area contributed by atoms with Crippen LogP contribution in [0.5, 0.6) is 0 Å². The molecule has 16 heavy (non-hydrogen) atoms. The van der Waals surface area contributed by atoms with Gasteiger partial charge in [0.25, 0.3) is 10.0 Å². The lowest BCUT2D eigenvalue weighted by Crippen LogP contribution is -2.34. The average Bonchev–Trinajstić information content (AvgIpc) is 2.56. The fourth-order valence-electron chi connectivity index (χ4n) is 0.779. The molecule has 0 aliphatic heterocycles. The second-order valence-corrected chi connectivity index (χ2v) is 7.46. The SMILES string of the molecule is CNC(=O)CNS(=O)(=O)c1cc(Cl)c(Br)s1. The standard InChI is InChI=1S/C7H8BrClN2O3S2/c1-10-5(12)3-11-16(13,14)6-2-4(9)7(8)15-6/h2,11H,3H2,1H3,(H,10,12). The molecule has 0 aromatic carbocycles. The van der Waals surface area contributed by atoms with E-state index in [1.54, 1.807) is 0 Å². The molecule has 1 aromatic rings. The van der Waals surface area contributed by atoms with E-state index in [1.165, 1.54) is 13.1 Å². The molecule has 0 aliphatic carbocycles. The predicted octanol–water partition coefficient (Wildman–Crippen LogP) is 1.19. The summed E-state index contributed by atoms with van der Waals surface area (Å²) >= 11 is 9.82. The van der Waals surface area contributed by atoms with Gasteiger partial charge in [-0.2, -0.15) is 0 Å². The van der Waals surface area contributed by atoms with Crippen LogP contribution in [0.2, 0.25) is 5.02 Å². The van der Waals surface area contributed by atoms with Crippen LogP contribution in [-0.2, 0) is 14.8 Å². The van der Waals surface area contributed by atoms with Crippen molar-refractivity contribution in [3.8, 4) is 0 Å². The summed E-state index contributed by atoms with van der Waals surface area (Å²) in [6.45, 7) is -0.300. The maximum absolute atomic E-state index is 11.7. The van der Waals surface area contributed by atoms with Gasteiger partial charge in [-0.1, -0.05) is 11.6 Å². The van der Waals surface area contributed by atoms with Crippen molar-refractivity contribution in [1.29, 1.82) is 0 Å². The van der Waals surface area contributed by atoms with Gasteiger partial charge in [-0.15, -0.1) is 11.3 Å². The van der Waals surface area contributed by atoms with Crippen LogP contribution in [0.15, 0.2) is 14.1 Å². The van der Waals surface area contributed by atoms with Crippen molar-refractivity contribution in [1.82, 2.24) is 10.0 Å². The first kappa shape index (κ1) is 13.9. The lowest BCUT2D eigenvalue weighted by molar-refractivity contribution is -0.119. The highest BCUT2D eigenvalue weighted by Crippen LogP contribution is 2.34. The van der Waals surface area contributed by atoms with Crippen LogP contribution in [0.3, 0.4) is 0 Å². The summed E-state index contributed by atoms with van der Waals surface area (Å²) in [7, 11) is -2.25. The highest BCUT2D eigenvalue weighted by atomic mass is 79.9. The minimum atomic E-state index is -3.67. The highest BCUT2D eigenvalue weighted by Gasteiger charge is 2.19. The average molecular weight is 348 g/mol. The Morgan fingerprint density at radius 2 is 2.25 bits per heavy atom. The van der Waals surface area contributed by atoms with Crippen LogP contribution in [0, 0.1) is 0 Å². The summed E-state index contributed by atoms with van der Waals surface area (Å²) in [4.78, 5) is 10.9. The lowest BCUT2D eigenvalue weighted by Gasteiger charge is -2.02. The summed E-state index contributed by atoms with van der Waals surface area (Å²) in [6, 6.07) is 1.32. The fourth-order valence-corrected chi connectivity index (χ4v) is 4.20. The molecule has 0 fully saturated rings. The van der Waals surface area contributed by atoms with Gasteiger partial charge < -0.3 is 5.32 Å². The molecule has 0 aliphatic rings. The van der Waals surface area contributed by atoms with E-state index in [0.717, 1.165) is 11.3 Å². The molecule has 0 spiro atoms. The van der Waals surface area contributed by atoms with Gasteiger partial charge in [0.1, 0.15) is 4.21 Å². The fraction of sp³-hybridized carbons (Fsp3) is 0.286. The normalized spacial score (nSPS) is 11.4. The first-order valence-electron chi connectivity index (χ1n) is 4.02. The second kappa shape index (κ2) is 5.46. The van der Waals surface area contributed by atoms with Crippen molar-refractivity contribution in [3.63, 3.8) is 0 Å². The van der Waals surface area contributed by atoms with Crippen LogP contribution in [0.25, 0.3) is 0 Å². The predicted molar refractivity (Wildman–Crippen MR) is 66.3 cm³/mol. The van der Waals surface area contributed by atoms with Gasteiger partial charge in [0.05, 0.1) is 15.4 Å². The van der Waals surface area contributed by atoms with Gasteiger partial charge in [-0.25, -0.2) is 13.1 Å². The monoisotopic (exact) mass is 346 g/mol. The van der Waals surface area contributed by atoms with E-state index >= 15 is 0 Å². The second-order valence-electron chi connectivity index (χ2n) is 2.68. The molecule has 0 bridgehead atoms. The first-order chi connectivity index (χ1) is 7.36. The van der Waals surface area contributed by atoms with Crippen molar-refractivity contribution < 1.29 is 13.2 Å². The molecule has 1 amide bonds. The van der Waals surface area contributed by atoms with Crippen molar-refractivity contribution in [3.05, 3.63) is 14.9 Å². The van der Waals surface area contributed by atoms with Crippen molar-refractivity contribution >= 4 is 54.8 Å². The Balaban J connectivity index is 2.82. The quantitative estimate of drug-likeness (QED) is 0.859. The van der Waals surface area contributed by atoms with E-state index in [9.17, 15) is 13.2 Å². The van der Waals surface area contributed by atoms with Crippen LogP contribution >= 0.6 is 38.9 Å². The van der Waals surface area contributed by atoms with Crippen molar-refractivity contribution in [2.45, 2.75) is 4.21 Å². The largest absolute Gasteiger partial charge is 0.358 e. The summed E-state index contributed by atoms with van der Waals surface area (Å²) in [6.07, 6.45) is 0. The molecule has 90 valence electrons. The maximum atomic E-state index is 11.7. The molecule has 0 unspecified atom stereocenters. The molecule has 1 aromatic heterocycles. The topological polar surface area (TPSA) is 75.3 Å². The lowest BCUT2D eigenvalue weighted by atomic mass is 10.6. The van der Waals surface area contributed by atoms with Crippen molar-refractivity contribution in [2.24, 2.45) is 0 Å². The number of rotatable bonds is 4. The van der Waals surface area contributed by atoms with E-state index in [4.69, 9.17) is 11.6 Å². The first-order valence-corrected chi connectivity index (χ1v) is 7.49. The van der Waals surface area contributed by atoms with Crippen LogP contribution < -0.4 is 10.0 Å². The Bertz CT molecular complexity index is 480. The summed E-state index contributed by atoms with van der Waals surface area (Å²) in [5.41, 5.74) is 0. The molecule has 1 rings (SSSR count). The smallest absolute Gasteiger partial charge is 0.250 e.